The normalized spacial score (nSPS) is 12.9. The van der Waals surface area contributed by atoms with Crippen molar-refractivity contribution in [1.82, 2.24) is 5.06 Å². The lowest BCUT2D eigenvalue weighted by molar-refractivity contribution is -0.0976. The molecule has 0 spiro atoms. The van der Waals surface area contributed by atoms with E-state index in [1.165, 1.54) is 0 Å². The van der Waals surface area contributed by atoms with Crippen LogP contribution in [0.3, 0.4) is 0 Å². The van der Waals surface area contributed by atoms with Gasteiger partial charge >= 0.3 is 6.09 Å². The molecule has 0 radical (unpaired) electrons. The number of anilines is 1. The summed E-state index contributed by atoms with van der Waals surface area (Å²) in [7, 11) is 0. The number of nitrogens with zero attached hydrogens (tertiary/aromatic N) is 1. The molecule has 0 aliphatic carbocycles. The Morgan fingerprint density at radius 3 is 2.12 bits per heavy atom. The number of hydroxylamine groups is 2. The molecule has 1 aliphatic heterocycles. The van der Waals surface area contributed by atoms with Gasteiger partial charge in [0.1, 0.15) is 19.0 Å². The third-order valence-electron chi connectivity index (χ3n) is 3.43. The van der Waals surface area contributed by atoms with E-state index in [0.717, 1.165) is 5.06 Å². The zero-order chi connectivity index (χ0) is 17.8. The number of amides is 3. The van der Waals surface area contributed by atoms with Gasteiger partial charge in [0.15, 0.2) is 0 Å². The van der Waals surface area contributed by atoms with Crippen LogP contribution in [0.25, 0.3) is 0 Å². The van der Waals surface area contributed by atoms with E-state index in [9.17, 15) is 14.4 Å². The molecule has 0 aromatic heterocycles. The van der Waals surface area contributed by atoms with E-state index in [2.05, 4.69) is 5.32 Å². The second kappa shape index (κ2) is 7.02. The number of imide groups is 1. The van der Waals surface area contributed by atoms with E-state index in [1.54, 1.807) is 48.5 Å². The van der Waals surface area contributed by atoms with Crippen molar-refractivity contribution in [3.8, 4) is 5.75 Å². The predicted octanol–water partition coefficient (Wildman–Crippen LogP) is 2.38. The van der Waals surface area contributed by atoms with E-state index < -0.39 is 17.9 Å². The molecule has 128 valence electrons. The molecule has 3 rings (SSSR count). The highest BCUT2D eigenvalue weighted by Crippen LogP contribution is 2.22. The second-order valence-corrected chi connectivity index (χ2v) is 5.09. The summed E-state index contributed by atoms with van der Waals surface area (Å²) in [6, 6.07) is 12.8. The maximum atomic E-state index is 12.1. The molecule has 0 saturated heterocycles. The standard InChI is InChI=1S/C17H14N2O6/c20-15-13-3-1-2-4-14(13)16(21)19(15)25-10-9-24-12-7-5-11(6-8-12)18-17(22)23/h1-8,18H,9-10H2,(H,22,23). The van der Waals surface area contributed by atoms with Gasteiger partial charge in [-0.3, -0.25) is 19.7 Å². The molecule has 0 atom stereocenters. The predicted molar refractivity (Wildman–Crippen MR) is 86.5 cm³/mol. The highest BCUT2D eigenvalue weighted by Gasteiger charge is 2.36. The van der Waals surface area contributed by atoms with Crippen LogP contribution < -0.4 is 10.1 Å². The third kappa shape index (κ3) is 3.59. The summed E-state index contributed by atoms with van der Waals surface area (Å²) in [5, 5.41) is 11.5. The van der Waals surface area contributed by atoms with Gasteiger partial charge in [-0.2, -0.15) is 0 Å². The molecule has 8 heteroatoms. The topological polar surface area (TPSA) is 105 Å². The largest absolute Gasteiger partial charge is 0.491 e. The van der Waals surface area contributed by atoms with Crippen molar-refractivity contribution in [2.45, 2.75) is 0 Å². The molecule has 1 aliphatic rings. The quantitative estimate of drug-likeness (QED) is 0.617. The molecular formula is C17H14N2O6. The van der Waals surface area contributed by atoms with Gasteiger partial charge < -0.3 is 9.84 Å². The van der Waals surface area contributed by atoms with Crippen molar-refractivity contribution in [2.75, 3.05) is 18.5 Å². The summed E-state index contributed by atoms with van der Waals surface area (Å²) in [4.78, 5) is 39.9. The minimum atomic E-state index is -1.15. The Kier molecular flexibility index (Phi) is 4.62. The molecule has 0 unspecified atom stereocenters. The Morgan fingerprint density at radius 2 is 1.56 bits per heavy atom. The molecule has 0 bridgehead atoms. The number of carboxylic acid groups (broad SMARTS) is 1. The number of rotatable bonds is 6. The minimum absolute atomic E-state index is 0.000591. The first kappa shape index (κ1) is 16.5. The van der Waals surface area contributed by atoms with Gasteiger partial charge in [-0.15, -0.1) is 5.06 Å². The number of fused-ring (bicyclic) bond motifs is 1. The molecule has 0 saturated carbocycles. The van der Waals surface area contributed by atoms with Crippen LogP contribution in [0.15, 0.2) is 48.5 Å². The number of carbonyl (C=O) groups excluding carboxylic acids is 2. The van der Waals surface area contributed by atoms with Crippen LogP contribution in [-0.2, 0) is 4.84 Å². The molecule has 2 aromatic rings. The van der Waals surface area contributed by atoms with Crippen molar-refractivity contribution in [3.05, 3.63) is 59.7 Å². The zero-order valence-corrected chi connectivity index (χ0v) is 13.0. The molecule has 0 fully saturated rings. The van der Waals surface area contributed by atoms with Gasteiger partial charge in [0.05, 0.1) is 11.1 Å². The monoisotopic (exact) mass is 342 g/mol. The fourth-order valence-electron chi connectivity index (χ4n) is 2.33. The van der Waals surface area contributed by atoms with Gasteiger partial charge in [0, 0.05) is 5.69 Å². The van der Waals surface area contributed by atoms with Crippen molar-refractivity contribution >= 4 is 23.6 Å². The lowest BCUT2D eigenvalue weighted by Gasteiger charge is -2.13. The van der Waals surface area contributed by atoms with Gasteiger partial charge in [0.2, 0.25) is 0 Å². The van der Waals surface area contributed by atoms with E-state index in [-0.39, 0.29) is 13.2 Å². The van der Waals surface area contributed by atoms with Crippen molar-refractivity contribution in [2.24, 2.45) is 0 Å². The number of hydrogen-bond acceptors (Lipinski definition) is 5. The lowest BCUT2D eigenvalue weighted by atomic mass is 10.1. The molecule has 3 amide bonds. The minimum Gasteiger partial charge on any atom is -0.491 e. The summed E-state index contributed by atoms with van der Waals surface area (Å²) >= 11 is 0. The molecule has 1 heterocycles. The Balaban J connectivity index is 1.49. The fourth-order valence-corrected chi connectivity index (χ4v) is 2.33. The first-order valence-corrected chi connectivity index (χ1v) is 7.40. The van der Waals surface area contributed by atoms with Crippen LogP contribution >= 0.6 is 0 Å². The maximum Gasteiger partial charge on any atom is 0.409 e. The number of ether oxygens (including phenoxy) is 1. The highest BCUT2D eigenvalue weighted by molar-refractivity contribution is 6.20. The molecule has 2 N–H and O–H groups in total. The molecule has 25 heavy (non-hydrogen) atoms. The van der Waals surface area contributed by atoms with Crippen LogP contribution in [-0.4, -0.2) is 41.3 Å². The first-order valence-electron chi connectivity index (χ1n) is 7.40. The van der Waals surface area contributed by atoms with Gasteiger partial charge in [-0.05, 0) is 36.4 Å². The second-order valence-electron chi connectivity index (χ2n) is 5.09. The molecule has 8 nitrogen and oxygen atoms in total. The summed E-state index contributed by atoms with van der Waals surface area (Å²) in [5.41, 5.74) is 1.05. The molecular weight excluding hydrogens is 328 g/mol. The van der Waals surface area contributed by atoms with Crippen molar-refractivity contribution < 1.29 is 29.1 Å². The summed E-state index contributed by atoms with van der Waals surface area (Å²) < 4.78 is 5.42. The van der Waals surface area contributed by atoms with E-state index in [1.807, 2.05) is 0 Å². The Labute approximate surface area is 142 Å². The number of hydrogen-bond donors (Lipinski definition) is 2. The maximum absolute atomic E-state index is 12.1. The Hall–Kier alpha value is -3.39. The van der Waals surface area contributed by atoms with E-state index >= 15 is 0 Å². The zero-order valence-electron chi connectivity index (χ0n) is 13.0. The van der Waals surface area contributed by atoms with E-state index in [4.69, 9.17) is 14.7 Å². The van der Waals surface area contributed by atoms with Crippen molar-refractivity contribution in [3.63, 3.8) is 0 Å². The van der Waals surface area contributed by atoms with Gasteiger partial charge in [-0.25, -0.2) is 4.79 Å². The van der Waals surface area contributed by atoms with Gasteiger partial charge in [-0.1, -0.05) is 12.1 Å². The van der Waals surface area contributed by atoms with Crippen molar-refractivity contribution in [1.29, 1.82) is 0 Å². The third-order valence-corrected chi connectivity index (χ3v) is 3.43. The Bertz CT molecular complexity index is 783. The first-order chi connectivity index (χ1) is 12.1. The Morgan fingerprint density at radius 1 is 0.960 bits per heavy atom. The van der Waals surface area contributed by atoms with Gasteiger partial charge in [0.25, 0.3) is 11.8 Å². The SMILES string of the molecule is O=C(O)Nc1ccc(OCCON2C(=O)c3ccccc3C2=O)cc1. The average Bonchev–Trinajstić information content (AvgIpc) is 2.84. The summed E-state index contributed by atoms with van der Waals surface area (Å²) in [6.07, 6.45) is -1.15. The fraction of sp³-hybridized carbons (Fsp3) is 0.118. The smallest absolute Gasteiger partial charge is 0.409 e. The summed E-state index contributed by atoms with van der Waals surface area (Å²) in [6.45, 7) is 0.111. The lowest BCUT2D eigenvalue weighted by Crippen LogP contribution is -2.31. The number of carbonyl (C=O) groups is 3. The van der Waals surface area contributed by atoms with Crippen LogP contribution in [0.1, 0.15) is 20.7 Å². The number of benzene rings is 2. The van der Waals surface area contributed by atoms with Crippen LogP contribution in [0.2, 0.25) is 0 Å². The summed E-state index contributed by atoms with van der Waals surface area (Å²) in [5.74, 6) is -0.490. The van der Waals surface area contributed by atoms with Crippen LogP contribution in [0, 0.1) is 0 Å². The number of nitrogens with one attached hydrogen (secondary N) is 1. The van der Waals surface area contributed by atoms with Crippen LogP contribution in [0.5, 0.6) is 5.75 Å². The molecule has 2 aromatic carbocycles. The highest BCUT2D eigenvalue weighted by atomic mass is 16.7. The van der Waals surface area contributed by atoms with Crippen LogP contribution in [0.4, 0.5) is 10.5 Å². The average molecular weight is 342 g/mol. The van der Waals surface area contributed by atoms with E-state index in [0.29, 0.717) is 22.6 Å².